The molecule has 0 atom stereocenters. The maximum absolute atomic E-state index is 13.4. The van der Waals surface area contributed by atoms with Gasteiger partial charge in [-0.1, -0.05) is 168 Å². The molecule has 0 aliphatic heterocycles. The summed E-state index contributed by atoms with van der Waals surface area (Å²) < 4.78 is 11.0. The van der Waals surface area contributed by atoms with Crippen LogP contribution in [0.5, 0.6) is 0 Å². The van der Waals surface area contributed by atoms with Gasteiger partial charge in [-0.25, -0.2) is 9.59 Å². The minimum absolute atomic E-state index is 0.0219. The van der Waals surface area contributed by atoms with Gasteiger partial charge in [0, 0.05) is 5.92 Å². The lowest BCUT2D eigenvalue weighted by molar-refractivity contribution is 0.0525. The van der Waals surface area contributed by atoms with E-state index < -0.39 is 11.9 Å². The molecule has 4 nitrogen and oxygen atoms in total. The molecule has 0 bridgehead atoms. The molecule has 6 rings (SSSR count). The summed E-state index contributed by atoms with van der Waals surface area (Å²) in [5.74, 6) is -1.11. The largest absolute Gasteiger partial charge is 0.462 e. The van der Waals surface area contributed by atoms with Crippen LogP contribution >= 0.6 is 0 Å². The Bertz CT molecular complexity index is 2190. The first kappa shape index (κ1) is 41.7. The zero-order chi connectivity index (χ0) is 41.8. The van der Waals surface area contributed by atoms with E-state index in [0.29, 0.717) is 22.3 Å². The number of hydrogen-bond acceptors (Lipinski definition) is 4. The van der Waals surface area contributed by atoms with Crippen LogP contribution in [0.25, 0.3) is 33.4 Å². The SMILES string of the molecule is CCOC(=O)c1cc(C(=O)OCC)c2ccc(C(c3cc(C(C)(C)C)c4ccc(C(C)(C)C)ccc3-4)c3cc(C(C)(C)C)c4ccc(C(C)(C)C)ccc3-4)ccc1-2. The maximum Gasteiger partial charge on any atom is 0.338 e. The van der Waals surface area contributed by atoms with Crippen molar-refractivity contribution in [1.82, 2.24) is 0 Å². The Morgan fingerprint density at radius 3 is 1.09 bits per heavy atom. The van der Waals surface area contributed by atoms with Gasteiger partial charge in [-0.15, -0.1) is 0 Å². The first-order chi connectivity index (χ1) is 26.6. The van der Waals surface area contributed by atoms with Crippen LogP contribution < -0.4 is 0 Å². The highest BCUT2D eigenvalue weighted by molar-refractivity contribution is 6.08. The number of rotatable bonds is 7. The monoisotopic (exact) mass is 762 g/mol. The first-order valence-corrected chi connectivity index (χ1v) is 20.6. The summed E-state index contributed by atoms with van der Waals surface area (Å²) in [6.45, 7) is 31.4. The van der Waals surface area contributed by atoms with Gasteiger partial charge in [-0.2, -0.15) is 0 Å². The van der Waals surface area contributed by atoms with Crippen LogP contribution in [0.2, 0.25) is 0 Å². The second-order valence-corrected chi connectivity index (χ2v) is 19.8. The van der Waals surface area contributed by atoms with Crippen molar-refractivity contribution < 1.29 is 19.1 Å². The smallest absolute Gasteiger partial charge is 0.338 e. The van der Waals surface area contributed by atoms with Crippen LogP contribution in [0.15, 0.2) is 91.0 Å². The van der Waals surface area contributed by atoms with Crippen LogP contribution in [0.4, 0.5) is 0 Å². The molecule has 0 radical (unpaired) electrons. The molecule has 4 heteroatoms. The Kier molecular flexibility index (Phi) is 11.0. The van der Waals surface area contributed by atoms with Gasteiger partial charge in [0.2, 0.25) is 0 Å². The number of esters is 2. The zero-order valence-corrected chi connectivity index (χ0v) is 36.8. The predicted octanol–water partition coefficient (Wildman–Crippen LogP) is 13.7. The Balaban J connectivity index is 1.76. The topological polar surface area (TPSA) is 52.6 Å². The molecule has 0 aromatic carbocycles. The van der Waals surface area contributed by atoms with E-state index in [2.05, 4.69) is 156 Å². The Hall–Kier alpha value is -4.96. The number of hydrogen-bond donors (Lipinski definition) is 0. The van der Waals surface area contributed by atoms with Crippen LogP contribution in [-0.2, 0) is 31.1 Å². The Morgan fingerprint density at radius 1 is 0.439 bits per heavy atom. The molecule has 0 amide bonds. The van der Waals surface area contributed by atoms with Crippen molar-refractivity contribution in [3.8, 4) is 33.4 Å². The lowest BCUT2D eigenvalue weighted by atomic mass is 9.83. The second-order valence-electron chi connectivity index (χ2n) is 19.8. The van der Waals surface area contributed by atoms with E-state index in [4.69, 9.17) is 9.47 Å². The quantitative estimate of drug-likeness (QED) is 0.152. The molecule has 0 aromatic heterocycles. The summed E-state index contributed by atoms with van der Waals surface area (Å²) in [6, 6.07) is 33.3. The zero-order valence-electron chi connectivity index (χ0n) is 36.8. The number of carbonyl (C=O) groups is 2. The molecular weight excluding hydrogens is 701 g/mol. The molecule has 0 unspecified atom stereocenters. The van der Waals surface area contributed by atoms with Crippen molar-refractivity contribution in [1.29, 1.82) is 0 Å². The maximum atomic E-state index is 13.4. The molecule has 298 valence electrons. The molecule has 0 N–H and O–H groups in total. The van der Waals surface area contributed by atoms with Crippen molar-refractivity contribution in [3.05, 3.63) is 141 Å². The van der Waals surface area contributed by atoms with Gasteiger partial charge in [-0.05, 0) is 114 Å². The van der Waals surface area contributed by atoms with Gasteiger partial charge >= 0.3 is 11.9 Å². The highest BCUT2D eigenvalue weighted by Crippen LogP contribution is 2.51. The highest BCUT2D eigenvalue weighted by atomic mass is 16.5. The van der Waals surface area contributed by atoms with E-state index >= 15 is 0 Å². The van der Waals surface area contributed by atoms with Crippen molar-refractivity contribution in [2.24, 2.45) is 0 Å². The standard InChI is InChI=1S/C53H62O4/c1-15-56-48(54)43-29-44(49(55)57-16-2)36-24-18-32(17-23-35(36)43)47(41-30-45(52(9,10)11)39-27-21-33(50(3,4)5)19-25-37(39)41)42-31-46(53(12,13)14)40-28-22-34(51(6,7)8)20-26-38(40)42/h17-31,47H,15-16H2,1-14H3. The number of ether oxygens (including phenoxy) is 2. The average molecular weight is 763 g/mol. The highest BCUT2D eigenvalue weighted by Gasteiger charge is 2.34. The van der Waals surface area contributed by atoms with Gasteiger partial charge < -0.3 is 9.47 Å². The van der Waals surface area contributed by atoms with Crippen LogP contribution in [0, 0.1) is 0 Å². The fraction of sp³-hybridized carbons (Fsp3) is 0.396. The van der Waals surface area contributed by atoms with E-state index in [9.17, 15) is 9.59 Å². The molecule has 0 saturated heterocycles. The van der Waals surface area contributed by atoms with E-state index in [-0.39, 0.29) is 40.8 Å². The molecular formula is C53H62O4. The predicted molar refractivity (Wildman–Crippen MR) is 237 cm³/mol. The summed E-state index contributed by atoms with van der Waals surface area (Å²) in [5, 5.41) is 0. The lowest BCUT2D eigenvalue weighted by Gasteiger charge is -2.20. The van der Waals surface area contributed by atoms with E-state index in [1.54, 1.807) is 19.9 Å². The summed E-state index contributed by atoms with van der Waals surface area (Å²) >= 11 is 0. The van der Waals surface area contributed by atoms with Gasteiger partial charge in [-0.3, -0.25) is 0 Å². The lowest BCUT2D eigenvalue weighted by Crippen LogP contribution is -2.11. The van der Waals surface area contributed by atoms with E-state index in [0.717, 1.165) is 5.56 Å². The minimum atomic E-state index is -0.458. The van der Waals surface area contributed by atoms with Gasteiger partial charge in [0.1, 0.15) is 0 Å². The molecule has 0 fully saturated rings. The molecule has 0 aromatic rings. The molecule has 0 heterocycles. The first-order valence-electron chi connectivity index (χ1n) is 20.6. The van der Waals surface area contributed by atoms with Crippen molar-refractivity contribution in [2.45, 2.75) is 125 Å². The summed E-state index contributed by atoms with van der Waals surface area (Å²) in [4.78, 5) is 26.8. The molecule has 6 aliphatic rings. The third kappa shape index (κ3) is 8.11. The van der Waals surface area contributed by atoms with Gasteiger partial charge in [0.05, 0.1) is 24.3 Å². The van der Waals surface area contributed by atoms with Crippen molar-refractivity contribution in [3.63, 3.8) is 0 Å². The number of fused-ring (bicyclic) bond motifs is 3. The second kappa shape index (κ2) is 15.1. The number of carbonyl (C=O) groups excluding carboxylic acids is 2. The Morgan fingerprint density at radius 2 is 0.772 bits per heavy atom. The van der Waals surface area contributed by atoms with Gasteiger partial charge in [0.15, 0.2) is 0 Å². The van der Waals surface area contributed by atoms with Crippen LogP contribution in [-0.4, -0.2) is 25.2 Å². The Labute approximate surface area is 342 Å². The third-order valence-corrected chi connectivity index (χ3v) is 11.4. The van der Waals surface area contributed by atoms with Crippen molar-refractivity contribution in [2.75, 3.05) is 13.2 Å². The third-order valence-electron chi connectivity index (χ3n) is 11.4. The fourth-order valence-corrected chi connectivity index (χ4v) is 8.31. The fourth-order valence-electron chi connectivity index (χ4n) is 8.31. The van der Waals surface area contributed by atoms with Crippen molar-refractivity contribution >= 4 is 11.9 Å². The molecule has 0 spiro atoms. The molecule has 0 saturated carbocycles. The average Bonchev–Trinajstić information content (AvgIpc) is 3.55. The minimum Gasteiger partial charge on any atom is -0.462 e. The van der Waals surface area contributed by atoms with Crippen LogP contribution in [0.3, 0.4) is 0 Å². The summed E-state index contributed by atoms with van der Waals surface area (Å²) in [5.41, 5.74) is 15.3. The summed E-state index contributed by atoms with van der Waals surface area (Å²) in [6.07, 6.45) is 0. The summed E-state index contributed by atoms with van der Waals surface area (Å²) in [7, 11) is 0. The van der Waals surface area contributed by atoms with Crippen LogP contribution in [0.1, 0.15) is 163 Å². The van der Waals surface area contributed by atoms with E-state index in [1.165, 1.54) is 55.6 Å². The molecule has 57 heavy (non-hydrogen) atoms. The molecule has 6 aliphatic carbocycles. The van der Waals surface area contributed by atoms with E-state index in [1.807, 2.05) is 12.1 Å². The van der Waals surface area contributed by atoms with Gasteiger partial charge in [0.25, 0.3) is 0 Å². The normalized spacial score (nSPS) is 12.8.